The SMILES string of the molecule is CCc1ccc(O)c(C2(C(=O)O)CCCCC2)c1. The fourth-order valence-corrected chi connectivity index (χ4v) is 2.94. The largest absolute Gasteiger partial charge is 0.508 e. The van der Waals surface area contributed by atoms with Gasteiger partial charge in [0.15, 0.2) is 0 Å². The molecule has 0 bridgehead atoms. The number of carboxylic acid groups (broad SMARTS) is 1. The molecule has 2 rings (SSSR count). The first-order chi connectivity index (χ1) is 8.60. The number of rotatable bonds is 3. The Kier molecular flexibility index (Phi) is 3.60. The van der Waals surface area contributed by atoms with E-state index in [-0.39, 0.29) is 5.75 Å². The lowest BCUT2D eigenvalue weighted by molar-refractivity contribution is -0.145. The number of benzene rings is 1. The van der Waals surface area contributed by atoms with Crippen molar-refractivity contribution in [2.75, 3.05) is 0 Å². The number of carboxylic acids is 1. The first kappa shape index (κ1) is 12.9. The number of aliphatic carboxylic acids is 1. The second-order valence-corrected chi connectivity index (χ2v) is 5.15. The minimum absolute atomic E-state index is 0.122. The Labute approximate surface area is 107 Å². The third-order valence-corrected chi connectivity index (χ3v) is 4.10. The second-order valence-electron chi connectivity index (χ2n) is 5.15. The van der Waals surface area contributed by atoms with Crippen molar-refractivity contribution in [2.45, 2.75) is 50.9 Å². The highest BCUT2D eigenvalue weighted by Crippen LogP contribution is 2.43. The maximum Gasteiger partial charge on any atom is 0.314 e. The molecule has 1 aromatic rings. The molecule has 1 aromatic carbocycles. The van der Waals surface area contributed by atoms with Gasteiger partial charge in [0.1, 0.15) is 5.75 Å². The predicted molar refractivity (Wildman–Crippen MR) is 69.9 cm³/mol. The summed E-state index contributed by atoms with van der Waals surface area (Å²) in [4.78, 5) is 11.7. The fraction of sp³-hybridized carbons (Fsp3) is 0.533. The molecule has 1 aliphatic rings. The number of carbonyl (C=O) groups is 1. The monoisotopic (exact) mass is 248 g/mol. The summed E-state index contributed by atoms with van der Waals surface area (Å²) in [5, 5.41) is 19.7. The van der Waals surface area contributed by atoms with Gasteiger partial charge in [0, 0.05) is 5.56 Å². The molecule has 0 amide bonds. The van der Waals surface area contributed by atoms with E-state index < -0.39 is 11.4 Å². The van der Waals surface area contributed by atoms with Crippen LogP contribution in [0.25, 0.3) is 0 Å². The minimum Gasteiger partial charge on any atom is -0.508 e. The third kappa shape index (κ3) is 2.09. The van der Waals surface area contributed by atoms with Crippen molar-refractivity contribution < 1.29 is 15.0 Å². The van der Waals surface area contributed by atoms with Crippen LogP contribution in [0.4, 0.5) is 0 Å². The van der Waals surface area contributed by atoms with Crippen molar-refractivity contribution in [2.24, 2.45) is 0 Å². The van der Waals surface area contributed by atoms with Crippen LogP contribution < -0.4 is 0 Å². The highest BCUT2D eigenvalue weighted by Gasteiger charge is 2.43. The Bertz CT molecular complexity index is 445. The van der Waals surface area contributed by atoms with Crippen LogP contribution in [-0.4, -0.2) is 16.2 Å². The summed E-state index contributed by atoms with van der Waals surface area (Å²) < 4.78 is 0. The number of phenols is 1. The molecular formula is C15H20O3. The van der Waals surface area contributed by atoms with Gasteiger partial charge in [-0.15, -0.1) is 0 Å². The summed E-state index contributed by atoms with van der Waals surface area (Å²) in [6.45, 7) is 2.03. The number of hydrogen-bond acceptors (Lipinski definition) is 2. The van der Waals surface area contributed by atoms with Gasteiger partial charge in [0.25, 0.3) is 0 Å². The van der Waals surface area contributed by atoms with E-state index >= 15 is 0 Å². The van der Waals surface area contributed by atoms with Crippen LogP contribution in [0.1, 0.15) is 50.2 Å². The number of phenolic OH excluding ortho intramolecular Hbond substituents is 1. The van der Waals surface area contributed by atoms with Crippen molar-refractivity contribution in [3.05, 3.63) is 29.3 Å². The van der Waals surface area contributed by atoms with Crippen molar-refractivity contribution in [1.82, 2.24) is 0 Å². The van der Waals surface area contributed by atoms with Gasteiger partial charge >= 0.3 is 5.97 Å². The molecular weight excluding hydrogens is 228 g/mol. The molecule has 2 N–H and O–H groups in total. The Morgan fingerprint density at radius 3 is 2.50 bits per heavy atom. The Hall–Kier alpha value is -1.51. The summed E-state index contributed by atoms with van der Waals surface area (Å²) in [5.74, 6) is -0.678. The standard InChI is InChI=1S/C15H20O3/c1-2-11-6-7-13(16)12(10-11)15(14(17)18)8-4-3-5-9-15/h6-7,10,16H,2-5,8-9H2,1H3,(H,17,18). The van der Waals surface area contributed by atoms with Crippen molar-refractivity contribution in [3.63, 3.8) is 0 Å². The lowest BCUT2D eigenvalue weighted by Gasteiger charge is -2.34. The zero-order valence-corrected chi connectivity index (χ0v) is 10.8. The van der Waals surface area contributed by atoms with Gasteiger partial charge < -0.3 is 10.2 Å². The summed E-state index contributed by atoms with van der Waals surface area (Å²) >= 11 is 0. The van der Waals surface area contributed by atoms with Gasteiger partial charge in [0.05, 0.1) is 5.41 Å². The molecule has 0 spiro atoms. The van der Waals surface area contributed by atoms with Gasteiger partial charge in [-0.25, -0.2) is 0 Å². The zero-order valence-electron chi connectivity index (χ0n) is 10.8. The van der Waals surface area contributed by atoms with Crippen molar-refractivity contribution >= 4 is 5.97 Å². The predicted octanol–water partition coefficient (Wildman–Crippen LogP) is 3.24. The molecule has 0 radical (unpaired) electrons. The van der Waals surface area contributed by atoms with E-state index in [1.54, 1.807) is 6.07 Å². The number of aryl methyl sites for hydroxylation is 1. The molecule has 0 aliphatic heterocycles. The molecule has 1 fully saturated rings. The zero-order chi connectivity index (χ0) is 13.2. The number of aromatic hydroxyl groups is 1. The Morgan fingerprint density at radius 1 is 1.28 bits per heavy atom. The van der Waals surface area contributed by atoms with E-state index in [0.29, 0.717) is 18.4 Å². The Morgan fingerprint density at radius 2 is 1.94 bits per heavy atom. The van der Waals surface area contributed by atoms with Gasteiger partial charge in [-0.2, -0.15) is 0 Å². The van der Waals surface area contributed by atoms with Crippen LogP contribution in [0.2, 0.25) is 0 Å². The average molecular weight is 248 g/mol. The maximum absolute atomic E-state index is 11.7. The first-order valence-corrected chi connectivity index (χ1v) is 6.66. The summed E-state index contributed by atoms with van der Waals surface area (Å²) in [5.41, 5.74) is 0.802. The van der Waals surface area contributed by atoms with Gasteiger partial charge in [-0.1, -0.05) is 38.3 Å². The third-order valence-electron chi connectivity index (χ3n) is 4.10. The minimum atomic E-state index is -0.881. The van der Waals surface area contributed by atoms with E-state index in [1.807, 2.05) is 19.1 Å². The quantitative estimate of drug-likeness (QED) is 0.863. The molecule has 0 aromatic heterocycles. The van der Waals surface area contributed by atoms with Gasteiger partial charge in [-0.3, -0.25) is 4.79 Å². The molecule has 3 heteroatoms. The maximum atomic E-state index is 11.7. The highest BCUT2D eigenvalue weighted by molar-refractivity contribution is 5.82. The van der Waals surface area contributed by atoms with Crippen molar-refractivity contribution in [1.29, 1.82) is 0 Å². The van der Waals surface area contributed by atoms with E-state index in [1.165, 1.54) is 0 Å². The average Bonchev–Trinajstić information content (AvgIpc) is 2.40. The molecule has 3 nitrogen and oxygen atoms in total. The van der Waals surface area contributed by atoms with Gasteiger partial charge in [0.2, 0.25) is 0 Å². The van der Waals surface area contributed by atoms with Crippen LogP contribution >= 0.6 is 0 Å². The molecule has 18 heavy (non-hydrogen) atoms. The lowest BCUT2D eigenvalue weighted by atomic mass is 9.69. The molecule has 1 aliphatic carbocycles. The first-order valence-electron chi connectivity index (χ1n) is 6.66. The van der Waals surface area contributed by atoms with E-state index in [4.69, 9.17) is 0 Å². The van der Waals surface area contributed by atoms with Crippen LogP contribution in [-0.2, 0) is 16.6 Å². The summed E-state index contributed by atoms with van der Waals surface area (Å²) in [6.07, 6.45) is 5.03. The molecule has 0 heterocycles. The normalized spacial score (nSPS) is 18.5. The molecule has 0 atom stereocenters. The smallest absolute Gasteiger partial charge is 0.314 e. The van der Waals surface area contributed by atoms with Crippen molar-refractivity contribution in [3.8, 4) is 5.75 Å². The second kappa shape index (κ2) is 5.01. The number of hydrogen-bond donors (Lipinski definition) is 2. The molecule has 0 saturated heterocycles. The summed E-state index contributed by atoms with van der Waals surface area (Å²) in [6, 6.07) is 5.36. The van der Waals surface area contributed by atoms with Gasteiger partial charge in [-0.05, 0) is 30.9 Å². The van der Waals surface area contributed by atoms with E-state index in [9.17, 15) is 15.0 Å². The molecule has 98 valence electrons. The van der Waals surface area contributed by atoms with Crippen LogP contribution in [0, 0.1) is 0 Å². The lowest BCUT2D eigenvalue weighted by Crippen LogP contribution is -2.38. The van der Waals surface area contributed by atoms with E-state index in [2.05, 4.69) is 0 Å². The highest BCUT2D eigenvalue weighted by atomic mass is 16.4. The van der Waals surface area contributed by atoms with Crippen LogP contribution in [0.3, 0.4) is 0 Å². The van der Waals surface area contributed by atoms with Crippen LogP contribution in [0.15, 0.2) is 18.2 Å². The summed E-state index contributed by atoms with van der Waals surface area (Å²) in [7, 11) is 0. The fourth-order valence-electron chi connectivity index (χ4n) is 2.94. The molecule has 0 unspecified atom stereocenters. The topological polar surface area (TPSA) is 57.5 Å². The molecule has 1 saturated carbocycles. The van der Waals surface area contributed by atoms with E-state index in [0.717, 1.165) is 31.2 Å². The van der Waals surface area contributed by atoms with Crippen LogP contribution in [0.5, 0.6) is 5.75 Å². The Balaban J connectivity index is 2.51.